The number of benzene rings is 1. The molecule has 0 saturated heterocycles. The van der Waals surface area contributed by atoms with E-state index >= 15 is 0 Å². The fourth-order valence-electron chi connectivity index (χ4n) is 1.26. The summed E-state index contributed by atoms with van der Waals surface area (Å²) >= 11 is 6.03. The molecular formula is C12H13ClO2. The minimum atomic E-state index is -0.0864. The van der Waals surface area contributed by atoms with Crippen LogP contribution in [0.25, 0.3) is 0 Å². The third kappa shape index (κ3) is 1.95. The fraction of sp³-hybridized carbons (Fsp3) is 0.333. The molecule has 0 atom stereocenters. The van der Waals surface area contributed by atoms with Crippen LogP contribution < -0.4 is 9.47 Å². The second-order valence-corrected chi connectivity index (χ2v) is 4.93. The van der Waals surface area contributed by atoms with Gasteiger partial charge in [-0.05, 0) is 12.1 Å². The summed E-state index contributed by atoms with van der Waals surface area (Å²) in [5, 5.41) is 0.572. The van der Waals surface area contributed by atoms with Crippen LogP contribution in [0, 0.1) is 5.41 Å². The molecule has 3 heteroatoms. The summed E-state index contributed by atoms with van der Waals surface area (Å²) in [6, 6.07) is 5.45. The lowest BCUT2D eigenvalue weighted by Gasteiger charge is -2.27. The molecule has 0 aliphatic carbocycles. The number of hydrogen-bond donors (Lipinski definition) is 0. The van der Waals surface area contributed by atoms with Gasteiger partial charge in [-0.3, -0.25) is 0 Å². The zero-order valence-electron chi connectivity index (χ0n) is 9.00. The van der Waals surface area contributed by atoms with E-state index in [1.165, 1.54) is 0 Å². The second-order valence-electron chi connectivity index (χ2n) is 4.52. The van der Waals surface area contributed by atoms with Crippen LogP contribution in [0.15, 0.2) is 30.2 Å². The Kier molecular flexibility index (Phi) is 2.39. The SMILES string of the molecule is CC(C)(C)C1=COc2cccc(Cl)c2O1. The summed E-state index contributed by atoms with van der Waals surface area (Å²) in [6.45, 7) is 6.18. The molecule has 0 unspecified atom stereocenters. The van der Waals surface area contributed by atoms with Crippen LogP contribution in [0.5, 0.6) is 11.5 Å². The molecule has 0 spiro atoms. The van der Waals surface area contributed by atoms with E-state index in [-0.39, 0.29) is 5.41 Å². The minimum absolute atomic E-state index is 0.0864. The van der Waals surface area contributed by atoms with E-state index in [0.717, 1.165) is 5.76 Å². The average Bonchev–Trinajstić information content (AvgIpc) is 2.16. The highest BCUT2D eigenvalue weighted by molar-refractivity contribution is 6.32. The van der Waals surface area contributed by atoms with Crippen molar-refractivity contribution in [1.82, 2.24) is 0 Å². The normalized spacial score (nSPS) is 14.8. The summed E-state index contributed by atoms with van der Waals surface area (Å²) in [5.74, 6) is 2.05. The molecule has 1 heterocycles. The van der Waals surface area contributed by atoms with Gasteiger partial charge in [-0.1, -0.05) is 38.4 Å². The number of ether oxygens (including phenoxy) is 2. The third-order valence-corrected chi connectivity index (χ3v) is 2.47. The quantitative estimate of drug-likeness (QED) is 0.663. The Morgan fingerprint density at radius 2 is 1.93 bits per heavy atom. The van der Waals surface area contributed by atoms with E-state index in [4.69, 9.17) is 21.1 Å². The molecule has 0 saturated carbocycles. The number of fused-ring (bicyclic) bond motifs is 1. The first kappa shape index (κ1) is 10.4. The standard InChI is InChI=1S/C12H13ClO2/c1-12(2,3)10-7-14-9-6-4-5-8(13)11(9)15-10/h4-7H,1-3H3. The van der Waals surface area contributed by atoms with Gasteiger partial charge >= 0.3 is 0 Å². The molecule has 2 rings (SSSR count). The van der Waals surface area contributed by atoms with Crippen LogP contribution in [0.4, 0.5) is 0 Å². The van der Waals surface area contributed by atoms with E-state index < -0.39 is 0 Å². The predicted molar refractivity (Wildman–Crippen MR) is 60.2 cm³/mol. The lowest BCUT2D eigenvalue weighted by atomic mass is 9.94. The number of para-hydroxylation sites is 1. The number of halogens is 1. The van der Waals surface area contributed by atoms with Crippen LogP contribution in [0.1, 0.15) is 20.8 Å². The van der Waals surface area contributed by atoms with Crippen molar-refractivity contribution in [3.63, 3.8) is 0 Å². The van der Waals surface area contributed by atoms with Crippen molar-refractivity contribution in [2.75, 3.05) is 0 Å². The van der Waals surface area contributed by atoms with Crippen LogP contribution in [0.3, 0.4) is 0 Å². The first-order valence-electron chi connectivity index (χ1n) is 4.82. The van der Waals surface area contributed by atoms with Crippen LogP contribution >= 0.6 is 11.6 Å². The Morgan fingerprint density at radius 3 is 2.60 bits per heavy atom. The molecule has 0 fully saturated rings. The second kappa shape index (κ2) is 3.46. The zero-order valence-corrected chi connectivity index (χ0v) is 9.76. The first-order chi connectivity index (χ1) is 6.98. The van der Waals surface area contributed by atoms with Gasteiger partial charge < -0.3 is 9.47 Å². The van der Waals surface area contributed by atoms with E-state index in [0.29, 0.717) is 16.5 Å². The van der Waals surface area contributed by atoms with Crippen molar-refractivity contribution < 1.29 is 9.47 Å². The Bertz CT molecular complexity index is 416. The van der Waals surface area contributed by atoms with Gasteiger partial charge in [0.2, 0.25) is 0 Å². The largest absolute Gasteiger partial charge is 0.457 e. The highest BCUT2D eigenvalue weighted by atomic mass is 35.5. The highest BCUT2D eigenvalue weighted by Gasteiger charge is 2.26. The van der Waals surface area contributed by atoms with Crippen molar-refractivity contribution in [3.8, 4) is 11.5 Å². The lowest BCUT2D eigenvalue weighted by Crippen LogP contribution is -2.18. The third-order valence-electron chi connectivity index (χ3n) is 2.18. The van der Waals surface area contributed by atoms with E-state index in [2.05, 4.69) is 20.8 Å². The molecule has 0 radical (unpaired) electrons. The Balaban J connectivity index is 2.37. The van der Waals surface area contributed by atoms with Crippen LogP contribution in [-0.4, -0.2) is 0 Å². The van der Waals surface area contributed by atoms with Gasteiger partial charge in [-0.2, -0.15) is 0 Å². The summed E-state index contributed by atoms with van der Waals surface area (Å²) in [7, 11) is 0. The van der Waals surface area contributed by atoms with E-state index in [1.54, 1.807) is 12.3 Å². The first-order valence-corrected chi connectivity index (χ1v) is 5.20. The maximum absolute atomic E-state index is 6.03. The summed E-state index contributed by atoms with van der Waals surface area (Å²) in [6.07, 6.45) is 1.64. The van der Waals surface area contributed by atoms with Crippen LogP contribution in [0.2, 0.25) is 5.02 Å². The van der Waals surface area contributed by atoms with Crippen molar-refractivity contribution in [3.05, 3.63) is 35.2 Å². The molecule has 1 aromatic carbocycles. The van der Waals surface area contributed by atoms with Crippen molar-refractivity contribution in [1.29, 1.82) is 0 Å². The maximum atomic E-state index is 6.03. The predicted octanol–water partition coefficient (Wildman–Crippen LogP) is 4.00. The number of allylic oxidation sites excluding steroid dienone is 1. The summed E-state index contributed by atoms with van der Waals surface area (Å²) in [4.78, 5) is 0. The van der Waals surface area contributed by atoms with Crippen LogP contribution in [-0.2, 0) is 0 Å². The molecular weight excluding hydrogens is 212 g/mol. The molecule has 1 aliphatic heterocycles. The molecule has 80 valence electrons. The lowest BCUT2D eigenvalue weighted by molar-refractivity contribution is 0.242. The maximum Gasteiger partial charge on any atom is 0.188 e. The highest BCUT2D eigenvalue weighted by Crippen LogP contribution is 2.42. The number of hydrogen-bond acceptors (Lipinski definition) is 2. The van der Waals surface area contributed by atoms with E-state index in [9.17, 15) is 0 Å². The Labute approximate surface area is 94.5 Å². The Hall–Kier alpha value is -1.15. The number of rotatable bonds is 0. The van der Waals surface area contributed by atoms with Gasteiger partial charge in [0.1, 0.15) is 12.0 Å². The molecule has 1 aliphatic rings. The van der Waals surface area contributed by atoms with Gasteiger partial charge in [-0.25, -0.2) is 0 Å². The van der Waals surface area contributed by atoms with Crippen molar-refractivity contribution in [2.45, 2.75) is 20.8 Å². The monoisotopic (exact) mass is 224 g/mol. The fourth-order valence-corrected chi connectivity index (χ4v) is 1.47. The van der Waals surface area contributed by atoms with E-state index in [1.807, 2.05) is 12.1 Å². The molecule has 0 bridgehead atoms. The van der Waals surface area contributed by atoms with Gasteiger partial charge in [-0.15, -0.1) is 0 Å². The summed E-state index contributed by atoms with van der Waals surface area (Å²) < 4.78 is 11.2. The Morgan fingerprint density at radius 1 is 1.20 bits per heavy atom. The van der Waals surface area contributed by atoms with Crippen molar-refractivity contribution in [2.24, 2.45) is 5.41 Å². The molecule has 0 amide bonds. The molecule has 15 heavy (non-hydrogen) atoms. The molecule has 2 nitrogen and oxygen atoms in total. The summed E-state index contributed by atoms with van der Waals surface area (Å²) in [5.41, 5.74) is -0.0864. The van der Waals surface area contributed by atoms with Gasteiger partial charge in [0.25, 0.3) is 0 Å². The van der Waals surface area contributed by atoms with Gasteiger partial charge in [0, 0.05) is 5.41 Å². The van der Waals surface area contributed by atoms with Crippen molar-refractivity contribution >= 4 is 11.6 Å². The molecule has 0 aromatic heterocycles. The molecule has 0 N–H and O–H groups in total. The van der Waals surface area contributed by atoms with Gasteiger partial charge in [0.05, 0.1) is 5.02 Å². The molecule has 1 aromatic rings. The smallest absolute Gasteiger partial charge is 0.188 e. The van der Waals surface area contributed by atoms with Gasteiger partial charge in [0.15, 0.2) is 11.5 Å². The average molecular weight is 225 g/mol. The zero-order chi connectivity index (χ0) is 11.1. The minimum Gasteiger partial charge on any atom is -0.457 e. The topological polar surface area (TPSA) is 18.5 Å².